The van der Waals surface area contributed by atoms with Gasteiger partial charge in [0.05, 0.1) is 17.6 Å². The normalized spacial score (nSPS) is 20.2. The number of amides is 1. The molecule has 2 aliphatic heterocycles. The number of carbonyl (C=O) groups excluding carboxylic acids is 1. The van der Waals surface area contributed by atoms with Crippen molar-refractivity contribution in [1.29, 1.82) is 0 Å². The van der Waals surface area contributed by atoms with E-state index in [0.29, 0.717) is 25.2 Å². The molecule has 0 bridgehead atoms. The van der Waals surface area contributed by atoms with Crippen molar-refractivity contribution in [1.82, 2.24) is 5.32 Å². The average molecular weight is 436 g/mol. The van der Waals surface area contributed by atoms with Crippen LogP contribution >= 0.6 is 11.3 Å². The standard InChI is InChI=1S/C25H26FN3OS/c26-21-8-2-4-10-23(21)28-13-14-29-22-9-3-1-6-18(22)16-20(24(29)17-28)25(30)27-12-11-19-7-5-15-31-19/h1-10,15,20,24H,11-14,16-17H2,(H,27,30)/t20-,24-/m0/s1. The predicted octanol–water partition coefficient (Wildman–Crippen LogP) is 4.11. The van der Waals surface area contributed by atoms with Crippen LogP contribution in [0.1, 0.15) is 10.4 Å². The molecule has 0 unspecified atom stereocenters. The van der Waals surface area contributed by atoms with E-state index >= 15 is 0 Å². The molecule has 0 radical (unpaired) electrons. The van der Waals surface area contributed by atoms with Gasteiger partial charge in [-0.25, -0.2) is 4.39 Å². The van der Waals surface area contributed by atoms with Crippen LogP contribution < -0.4 is 15.1 Å². The summed E-state index contributed by atoms with van der Waals surface area (Å²) in [6, 6.07) is 19.5. The van der Waals surface area contributed by atoms with Crippen LogP contribution in [-0.2, 0) is 17.6 Å². The predicted molar refractivity (Wildman–Crippen MR) is 124 cm³/mol. The summed E-state index contributed by atoms with van der Waals surface area (Å²) in [5, 5.41) is 5.23. The largest absolute Gasteiger partial charge is 0.365 e. The molecule has 2 aliphatic rings. The fourth-order valence-electron chi connectivity index (χ4n) is 4.88. The van der Waals surface area contributed by atoms with Crippen LogP contribution in [0.5, 0.6) is 0 Å². The van der Waals surface area contributed by atoms with Crippen molar-refractivity contribution >= 4 is 28.6 Å². The Morgan fingerprint density at radius 3 is 2.65 bits per heavy atom. The van der Waals surface area contributed by atoms with E-state index in [1.54, 1.807) is 17.4 Å². The number of hydrogen-bond donors (Lipinski definition) is 1. The molecule has 4 nitrogen and oxygen atoms in total. The van der Waals surface area contributed by atoms with Crippen molar-refractivity contribution in [2.24, 2.45) is 5.92 Å². The molecule has 160 valence electrons. The molecular weight excluding hydrogens is 409 g/mol. The first-order chi connectivity index (χ1) is 15.2. The van der Waals surface area contributed by atoms with Crippen molar-refractivity contribution in [3.63, 3.8) is 0 Å². The van der Waals surface area contributed by atoms with Gasteiger partial charge in [-0.1, -0.05) is 36.4 Å². The van der Waals surface area contributed by atoms with E-state index in [1.807, 2.05) is 24.3 Å². The molecule has 0 aliphatic carbocycles. The molecule has 2 atom stereocenters. The van der Waals surface area contributed by atoms with Gasteiger partial charge >= 0.3 is 0 Å². The first kappa shape index (κ1) is 20.1. The Morgan fingerprint density at radius 1 is 1.03 bits per heavy atom. The molecule has 3 aromatic rings. The molecular formula is C25H26FN3OS. The SMILES string of the molecule is O=C(NCCc1cccs1)[C@H]1Cc2ccccc2N2CCN(c3ccccc3F)C[C@@H]12. The van der Waals surface area contributed by atoms with Crippen molar-refractivity contribution < 1.29 is 9.18 Å². The van der Waals surface area contributed by atoms with Crippen LogP contribution in [0.4, 0.5) is 15.8 Å². The maximum Gasteiger partial charge on any atom is 0.225 e. The quantitative estimate of drug-likeness (QED) is 0.655. The van der Waals surface area contributed by atoms with Gasteiger partial charge in [0.2, 0.25) is 5.91 Å². The van der Waals surface area contributed by atoms with Gasteiger partial charge in [0, 0.05) is 36.7 Å². The van der Waals surface area contributed by atoms with Crippen LogP contribution in [0.2, 0.25) is 0 Å². The average Bonchev–Trinajstić information content (AvgIpc) is 3.32. The number of carbonyl (C=O) groups is 1. The lowest BCUT2D eigenvalue weighted by Crippen LogP contribution is -2.61. The monoisotopic (exact) mass is 435 g/mol. The van der Waals surface area contributed by atoms with E-state index in [-0.39, 0.29) is 23.7 Å². The first-order valence-electron chi connectivity index (χ1n) is 10.8. The maximum atomic E-state index is 14.5. The summed E-state index contributed by atoms with van der Waals surface area (Å²) in [6.45, 7) is 2.78. The number of para-hydroxylation sites is 2. The lowest BCUT2D eigenvalue weighted by Gasteiger charge is -2.49. The van der Waals surface area contributed by atoms with Crippen LogP contribution in [0.3, 0.4) is 0 Å². The van der Waals surface area contributed by atoms with E-state index in [4.69, 9.17) is 0 Å². The Balaban J connectivity index is 1.37. The number of anilines is 2. The molecule has 1 saturated heterocycles. The van der Waals surface area contributed by atoms with Crippen LogP contribution in [-0.4, -0.2) is 38.1 Å². The highest BCUT2D eigenvalue weighted by Crippen LogP contribution is 2.37. The smallest absolute Gasteiger partial charge is 0.225 e. The van der Waals surface area contributed by atoms with Gasteiger partial charge < -0.3 is 15.1 Å². The Labute approximate surface area is 186 Å². The van der Waals surface area contributed by atoms with Crippen molar-refractivity contribution in [2.75, 3.05) is 36.0 Å². The lowest BCUT2D eigenvalue weighted by atomic mass is 9.83. The Morgan fingerprint density at radius 2 is 1.84 bits per heavy atom. The summed E-state index contributed by atoms with van der Waals surface area (Å²) in [6.07, 6.45) is 1.57. The zero-order valence-electron chi connectivity index (χ0n) is 17.3. The molecule has 1 N–H and O–H groups in total. The number of fused-ring (bicyclic) bond motifs is 3. The van der Waals surface area contributed by atoms with E-state index in [9.17, 15) is 9.18 Å². The van der Waals surface area contributed by atoms with Gasteiger partial charge in [-0.05, 0) is 48.1 Å². The molecule has 1 aromatic heterocycles. The molecule has 31 heavy (non-hydrogen) atoms. The molecule has 2 aromatic carbocycles. The van der Waals surface area contributed by atoms with E-state index in [2.05, 4.69) is 44.8 Å². The van der Waals surface area contributed by atoms with E-state index < -0.39 is 0 Å². The van der Waals surface area contributed by atoms with Gasteiger partial charge in [0.15, 0.2) is 0 Å². The summed E-state index contributed by atoms with van der Waals surface area (Å²) in [7, 11) is 0. The fourth-order valence-corrected chi connectivity index (χ4v) is 5.59. The molecule has 1 amide bonds. The topological polar surface area (TPSA) is 35.6 Å². The molecule has 0 saturated carbocycles. The summed E-state index contributed by atoms with van der Waals surface area (Å²) in [5.74, 6) is -0.270. The first-order valence-corrected chi connectivity index (χ1v) is 11.7. The fraction of sp³-hybridized carbons (Fsp3) is 0.320. The number of hydrogen-bond acceptors (Lipinski definition) is 4. The third-order valence-electron chi connectivity index (χ3n) is 6.40. The third kappa shape index (κ3) is 4.04. The minimum absolute atomic E-state index is 0.0185. The highest BCUT2D eigenvalue weighted by Gasteiger charge is 2.41. The third-order valence-corrected chi connectivity index (χ3v) is 7.34. The summed E-state index contributed by atoms with van der Waals surface area (Å²) < 4.78 is 14.5. The minimum atomic E-state index is -0.205. The highest BCUT2D eigenvalue weighted by molar-refractivity contribution is 7.09. The Kier molecular flexibility index (Phi) is 5.64. The van der Waals surface area contributed by atoms with Crippen molar-refractivity contribution in [2.45, 2.75) is 18.9 Å². The molecule has 3 heterocycles. The Bertz CT molecular complexity index is 1050. The van der Waals surface area contributed by atoms with Gasteiger partial charge in [0.1, 0.15) is 5.82 Å². The van der Waals surface area contributed by atoms with Crippen molar-refractivity contribution in [3.8, 4) is 0 Å². The van der Waals surface area contributed by atoms with Gasteiger partial charge in [0.25, 0.3) is 0 Å². The van der Waals surface area contributed by atoms with Crippen LogP contribution in [0, 0.1) is 11.7 Å². The van der Waals surface area contributed by atoms with Gasteiger partial charge in [-0.2, -0.15) is 0 Å². The molecule has 5 rings (SSSR count). The summed E-state index contributed by atoms with van der Waals surface area (Å²) in [5.41, 5.74) is 3.05. The minimum Gasteiger partial charge on any atom is -0.365 e. The number of halogens is 1. The number of rotatable bonds is 5. The van der Waals surface area contributed by atoms with E-state index in [1.165, 1.54) is 22.2 Å². The maximum absolute atomic E-state index is 14.5. The second-order valence-corrected chi connectivity index (χ2v) is 9.25. The molecule has 0 spiro atoms. The Hall–Kier alpha value is -2.86. The second-order valence-electron chi connectivity index (χ2n) is 8.22. The van der Waals surface area contributed by atoms with Crippen LogP contribution in [0.15, 0.2) is 66.0 Å². The van der Waals surface area contributed by atoms with Gasteiger partial charge in [-0.15, -0.1) is 11.3 Å². The summed E-state index contributed by atoms with van der Waals surface area (Å²) in [4.78, 5) is 19.0. The number of thiophene rings is 1. The molecule has 6 heteroatoms. The zero-order chi connectivity index (χ0) is 21.2. The molecule has 1 fully saturated rings. The number of nitrogens with one attached hydrogen (secondary N) is 1. The number of nitrogens with zero attached hydrogens (tertiary/aromatic N) is 2. The van der Waals surface area contributed by atoms with Gasteiger partial charge in [-0.3, -0.25) is 4.79 Å². The highest BCUT2D eigenvalue weighted by atomic mass is 32.1. The summed E-state index contributed by atoms with van der Waals surface area (Å²) >= 11 is 1.72. The zero-order valence-corrected chi connectivity index (χ0v) is 18.2. The van der Waals surface area contributed by atoms with Crippen LogP contribution in [0.25, 0.3) is 0 Å². The lowest BCUT2D eigenvalue weighted by molar-refractivity contribution is -0.125. The van der Waals surface area contributed by atoms with Crippen molar-refractivity contribution in [3.05, 3.63) is 82.3 Å². The van der Waals surface area contributed by atoms with E-state index in [0.717, 1.165) is 19.5 Å². The second kappa shape index (κ2) is 8.71. The number of piperazine rings is 1. The number of benzene rings is 2.